The topological polar surface area (TPSA) is 18.5 Å². The predicted octanol–water partition coefficient (Wildman–Crippen LogP) is 3.49. The number of para-hydroxylation sites is 1. The number of nitrogens with one attached hydrogen (secondary N) is 1. The fraction of sp³-hybridized carbons (Fsp3) is 0.400. The molecule has 1 aromatic rings. The van der Waals surface area contributed by atoms with Crippen LogP contribution in [0.3, 0.4) is 0 Å². The van der Waals surface area contributed by atoms with Gasteiger partial charge in [-0.2, -0.15) is 0 Å². The van der Waals surface area contributed by atoms with Crippen molar-refractivity contribution in [3.05, 3.63) is 66.4 Å². The smallest absolute Gasteiger partial charge is 0.0459 e. The normalized spacial score (nSPS) is 23.1. The lowest BCUT2D eigenvalue weighted by Crippen LogP contribution is -2.47. The van der Waals surface area contributed by atoms with Gasteiger partial charge in [0.2, 0.25) is 0 Å². The van der Waals surface area contributed by atoms with Crippen LogP contribution in [0.1, 0.15) is 24.9 Å². The van der Waals surface area contributed by atoms with Gasteiger partial charge in [0, 0.05) is 50.2 Å². The van der Waals surface area contributed by atoms with Gasteiger partial charge in [-0.25, -0.2) is 0 Å². The summed E-state index contributed by atoms with van der Waals surface area (Å²) >= 11 is 0. The lowest BCUT2D eigenvalue weighted by Gasteiger charge is -2.42. The third-order valence-corrected chi connectivity index (χ3v) is 4.74. The van der Waals surface area contributed by atoms with E-state index in [4.69, 9.17) is 0 Å². The zero-order valence-electron chi connectivity index (χ0n) is 14.0. The van der Waals surface area contributed by atoms with Crippen LogP contribution in [0.25, 0.3) is 0 Å². The van der Waals surface area contributed by atoms with Gasteiger partial charge in [0.25, 0.3) is 0 Å². The third kappa shape index (κ3) is 3.41. The molecule has 1 saturated heterocycles. The first kappa shape index (κ1) is 16.0. The van der Waals surface area contributed by atoms with E-state index in [2.05, 4.69) is 71.1 Å². The first-order valence-electron chi connectivity index (χ1n) is 8.62. The highest BCUT2D eigenvalue weighted by molar-refractivity contribution is 5.63. The maximum Gasteiger partial charge on any atom is 0.0459 e. The summed E-state index contributed by atoms with van der Waals surface area (Å²) in [6.45, 7) is 11.5. The lowest BCUT2D eigenvalue weighted by molar-refractivity contribution is 0.164. The van der Waals surface area contributed by atoms with Crippen molar-refractivity contribution in [2.75, 3.05) is 37.6 Å². The van der Waals surface area contributed by atoms with Crippen molar-refractivity contribution in [1.29, 1.82) is 0 Å². The van der Waals surface area contributed by atoms with Crippen LogP contribution in [0.15, 0.2) is 60.8 Å². The molecule has 0 amide bonds. The molecule has 1 fully saturated rings. The molecular weight excluding hydrogens is 282 g/mol. The summed E-state index contributed by atoms with van der Waals surface area (Å²) in [5.41, 5.74) is 4.02. The molecule has 1 atom stereocenters. The molecule has 2 aliphatic rings. The second kappa shape index (κ2) is 7.62. The average molecular weight is 309 g/mol. The Morgan fingerprint density at radius 2 is 2.00 bits per heavy atom. The molecule has 0 aromatic heterocycles. The van der Waals surface area contributed by atoms with Crippen LogP contribution in [0.5, 0.6) is 0 Å². The van der Waals surface area contributed by atoms with E-state index in [-0.39, 0.29) is 0 Å². The molecule has 23 heavy (non-hydrogen) atoms. The quantitative estimate of drug-likeness (QED) is 0.859. The number of hydrogen-bond donors (Lipinski definition) is 1. The summed E-state index contributed by atoms with van der Waals surface area (Å²) in [6.07, 6.45) is 9.41. The largest absolute Gasteiger partial charge is 0.341 e. The van der Waals surface area contributed by atoms with Gasteiger partial charge in [0.05, 0.1) is 0 Å². The molecule has 0 radical (unpaired) electrons. The second-order valence-corrected chi connectivity index (χ2v) is 6.13. The van der Waals surface area contributed by atoms with E-state index in [1.54, 1.807) is 0 Å². The van der Waals surface area contributed by atoms with Crippen molar-refractivity contribution < 1.29 is 0 Å². The van der Waals surface area contributed by atoms with Gasteiger partial charge < -0.3 is 10.2 Å². The van der Waals surface area contributed by atoms with E-state index < -0.39 is 0 Å². The fourth-order valence-corrected chi connectivity index (χ4v) is 3.71. The molecular formula is C20H27N3. The number of anilines is 1. The zero-order chi connectivity index (χ0) is 16.1. The number of nitrogens with zero attached hydrogens (tertiary/aromatic N) is 2. The fourth-order valence-electron chi connectivity index (χ4n) is 3.71. The first-order chi connectivity index (χ1) is 11.3. The minimum absolute atomic E-state index is 0.542. The van der Waals surface area contributed by atoms with Crippen molar-refractivity contribution in [3.8, 4) is 0 Å². The summed E-state index contributed by atoms with van der Waals surface area (Å²) in [4.78, 5) is 5.06. The van der Waals surface area contributed by atoms with Crippen LogP contribution in [0, 0.1) is 0 Å². The second-order valence-electron chi connectivity index (χ2n) is 6.13. The molecule has 0 bridgehead atoms. The molecule has 3 rings (SSSR count). The van der Waals surface area contributed by atoms with E-state index in [1.165, 1.54) is 23.4 Å². The Morgan fingerprint density at radius 1 is 1.22 bits per heavy atom. The number of fused-ring (bicyclic) bond motifs is 1. The SMILES string of the molecule is C=C/C=C(\C=C/C)N1CCC(N2CCNCC2)c2ccccc21. The highest BCUT2D eigenvalue weighted by atomic mass is 15.2. The number of piperazine rings is 1. The molecule has 0 saturated carbocycles. The van der Waals surface area contributed by atoms with Gasteiger partial charge in [-0.1, -0.05) is 36.9 Å². The van der Waals surface area contributed by atoms with E-state index >= 15 is 0 Å². The molecule has 0 spiro atoms. The Hall–Kier alpha value is -1.84. The number of benzene rings is 1. The zero-order valence-corrected chi connectivity index (χ0v) is 14.0. The average Bonchev–Trinajstić information content (AvgIpc) is 2.61. The maximum absolute atomic E-state index is 3.87. The summed E-state index contributed by atoms with van der Waals surface area (Å²) in [6, 6.07) is 9.41. The van der Waals surface area contributed by atoms with Gasteiger partial charge in [-0.3, -0.25) is 4.90 Å². The molecule has 1 N–H and O–H groups in total. The standard InChI is InChI=1S/C20H27N3/c1-3-7-17(8-4-2)23-14-11-19(22-15-12-21-13-16-22)18-9-5-6-10-20(18)23/h3-10,19,21H,1,11-16H2,2H3/b8-4-,17-7+. The minimum atomic E-state index is 0.542. The van der Waals surface area contributed by atoms with Gasteiger partial charge in [-0.15, -0.1) is 0 Å². The molecule has 0 aliphatic carbocycles. The summed E-state index contributed by atoms with van der Waals surface area (Å²) < 4.78 is 0. The van der Waals surface area contributed by atoms with Crippen molar-refractivity contribution in [3.63, 3.8) is 0 Å². The first-order valence-corrected chi connectivity index (χ1v) is 8.62. The number of allylic oxidation sites excluding steroid dienone is 4. The molecule has 3 heteroatoms. The molecule has 3 nitrogen and oxygen atoms in total. The van der Waals surface area contributed by atoms with E-state index in [0.29, 0.717) is 6.04 Å². The Bertz CT molecular complexity index is 597. The summed E-state index contributed by atoms with van der Waals surface area (Å²) in [5.74, 6) is 0. The molecule has 1 aromatic carbocycles. The Kier molecular flexibility index (Phi) is 5.31. The number of rotatable bonds is 4. The predicted molar refractivity (Wildman–Crippen MR) is 98.7 cm³/mol. The summed E-state index contributed by atoms with van der Waals surface area (Å²) in [7, 11) is 0. The van der Waals surface area contributed by atoms with E-state index in [1.807, 2.05) is 6.08 Å². The van der Waals surface area contributed by atoms with Gasteiger partial charge >= 0.3 is 0 Å². The van der Waals surface area contributed by atoms with Crippen LogP contribution in [0.4, 0.5) is 5.69 Å². The van der Waals surface area contributed by atoms with Crippen molar-refractivity contribution >= 4 is 5.69 Å². The minimum Gasteiger partial charge on any atom is -0.341 e. The number of hydrogen-bond acceptors (Lipinski definition) is 3. The third-order valence-electron chi connectivity index (χ3n) is 4.74. The van der Waals surface area contributed by atoms with Gasteiger partial charge in [-0.05, 0) is 37.1 Å². The van der Waals surface area contributed by atoms with Crippen molar-refractivity contribution in [2.45, 2.75) is 19.4 Å². The summed E-state index contributed by atoms with van der Waals surface area (Å²) in [5, 5.41) is 3.46. The van der Waals surface area contributed by atoms with Crippen molar-refractivity contribution in [1.82, 2.24) is 10.2 Å². The molecule has 122 valence electrons. The Balaban J connectivity index is 1.94. The van der Waals surface area contributed by atoms with Crippen molar-refractivity contribution in [2.24, 2.45) is 0 Å². The Morgan fingerprint density at radius 3 is 2.74 bits per heavy atom. The van der Waals surface area contributed by atoms with Gasteiger partial charge in [0.1, 0.15) is 0 Å². The van der Waals surface area contributed by atoms with Crippen LogP contribution >= 0.6 is 0 Å². The van der Waals surface area contributed by atoms with Crippen LogP contribution in [0.2, 0.25) is 0 Å². The van der Waals surface area contributed by atoms with E-state index in [0.717, 1.165) is 32.7 Å². The van der Waals surface area contributed by atoms with Crippen LogP contribution in [-0.4, -0.2) is 37.6 Å². The molecule has 2 heterocycles. The van der Waals surface area contributed by atoms with Crippen LogP contribution in [-0.2, 0) is 0 Å². The Labute approximate surface area is 140 Å². The highest BCUT2D eigenvalue weighted by Gasteiger charge is 2.30. The van der Waals surface area contributed by atoms with Crippen LogP contribution < -0.4 is 10.2 Å². The van der Waals surface area contributed by atoms with E-state index in [9.17, 15) is 0 Å². The lowest BCUT2D eigenvalue weighted by atomic mass is 9.94. The maximum atomic E-state index is 3.87. The molecule has 1 unspecified atom stereocenters. The van der Waals surface area contributed by atoms with Gasteiger partial charge in [0.15, 0.2) is 0 Å². The molecule has 2 aliphatic heterocycles. The highest BCUT2D eigenvalue weighted by Crippen LogP contribution is 2.39. The monoisotopic (exact) mass is 309 g/mol.